The number of hydrogen-bond donors (Lipinski definition) is 2. The first-order valence-electron chi connectivity index (χ1n) is 9.10. The van der Waals surface area contributed by atoms with Crippen molar-refractivity contribution < 1.29 is 18.6 Å². The van der Waals surface area contributed by atoms with Gasteiger partial charge < -0.3 is 29.3 Å². The van der Waals surface area contributed by atoms with Crippen molar-refractivity contribution >= 4 is 29.9 Å². The fraction of sp³-hybridized carbons (Fsp3) is 0.450. The molecule has 1 aromatic carbocycles. The molecule has 0 aliphatic rings. The molecule has 1 heterocycles. The van der Waals surface area contributed by atoms with Gasteiger partial charge in [0.1, 0.15) is 12.4 Å². The van der Waals surface area contributed by atoms with Crippen molar-refractivity contribution in [2.45, 2.75) is 26.5 Å². The van der Waals surface area contributed by atoms with E-state index in [2.05, 4.69) is 15.6 Å². The molecule has 0 unspecified atom stereocenters. The number of nitrogens with one attached hydrogen (secondary N) is 2. The van der Waals surface area contributed by atoms with Crippen molar-refractivity contribution in [1.82, 2.24) is 10.6 Å². The highest BCUT2D eigenvalue weighted by Gasteiger charge is 2.05. The van der Waals surface area contributed by atoms with Crippen LogP contribution in [0.3, 0.4) is 0 Å². The van der Waals surface area contributed by atoms with Crippen LogP contribution in [0.1, 0.15) is 24.7 Å². The summed E-state index contributed by atoms with van der Waals surface area (Å²) in [5, 5.41) is 6.56. The molecule has 156 valence electrons. The Hall–Kier alpha value is -1.94. The van der Waals surface area contributed by atoms with Crippen LogP contribution in [-0.4, -0.2) is 39.9 Å². The van der Waals surface area contributed by atoms with Gasteiger partial charge in [0.15, 0.2) is 17.5 Å². The summed E-state index contributed by atoms with van der Waals surface area (Å²) in [6, 6.07) is 9.58. The van der Waals surface area contributed by atoms with Crippen molar-refractivity contribution in [3.63, 3.8) is 0 Å². The molecule has 2 rings (SSSR count). The maximum atomic E-state index is 5.58. The smallest absolute Gasteiger partial charge is 0.191 e. The fourth-order valence-electron chi connectivity index (χ4n) is 2.44. The molecule has 0 aliphatic heterocycles. The molecular formula is C20H30IN3O4. The lowest BCUT2D eigenvalue weighted by Crippen LogP contribution is -2.38. The lowest BCUT2D eigenvalue weighted by atomic mass is 10.2. The zero-order valence-electron chi connectivity index (χ0n) is 16.7. The monoisotopic (exact) mass is 503 g/mol. The quantitative estimate of drug-likeness (QED) is 0.211. The predicted octanol–water partition coefficient (Wildman–Crippen LogP) is 3.58. The first-order valence-corrected chi connectivity index (χ1v) is 9.10. The molecule has 0 atom stereocenters. The molecule has 0 saturated heterocycles. The second-order valence-electron chi connectivity index (χ2n) is 5.80. The SMILES string of the molecule is CCNC(=NCc1ccc(OC)c(OC)c1)NCCCOCc1ccco1.I. The maximum Gasteiger partial charge on any atom is 0.191 e. The van der Waals surface area contributed by atoms with Gasteiger partial charge in [-0.15, -0.1) is 24.0 Å². The Morgan fingerprint density at radius 3 is 2.61 bits per heavy atom. The molecule has 7 nitrogen and oxygen atoms in total. The van der Waals surface area contributed by atoms with Gasteiger partial charge in [-0.05, 0) is 43.2 Å². The van der Waals surface area contributed by atoms with E-state index in [9.17, 15) is 0 Å². The van der Waals surface area contributed by atoms with Gasteiger partial charge in [-0.1, -0.05) is 6.07 Å². The van der Waals surface area contributed by atoms with E-state index in [1.807, 2.05) is 37.3 Å². The minimum Gasteiger partial charge on any atom is -0.493 e. The minimum absolute atomic E-state index is 0. The number of methoxy groups -OCH3 is 2. The van der Waals surface area contributed by atoms with E-state index in [4.69, 9.17) is 18.6 Å². The van der Waals surface area contributed by atoms with Crippen LogP contribution in [0.4, 0.5) is 0 Å². The first kappa shape index (κ1) is 24.1. The van der Waals surface area contributed by atoms with Crippen LogP contribution in [0.2, 0.25) is 0 Å². The summed E-state index contributed by atoms with van der Waals surface area (Å²) in [7, 11) is 3.26. The van der Waals surface area contributed by atoms with Crippen molar-refractivity contribution in [1.29, 1.82) is 0 Å². The van der Waals surface area contributed by atoms with E-state index in [0.29, 0.717) is 31.3 Å². The van der Waals surface area contributed by atoms with Crippen molar-refractivity contribution in [2.75, 3.05) is 33.9 Å². The number of rotatable bonds is 11. The molecule has 0 saturated carbocycles. The topological polar surface area (TPSA) is 77.3 Å². The lowest BCUT2D eigenvalue weighted by molar-refractivity contribution is 0.105. The summed E-state index contributed by atoms with van der Waals surface area (Å²) in [6.07, 6.45) is 2.53. The number of nitrogens with zero attached hydrogens (tertiary/aromatic N) is 1. The molecule has 0 amide bonds. The normalized spacial score (nSPS) is 10.9. The molecule has 0 aliphatic carbocycles. The number of ether oxygens (including phenoxy) is 3. The third-order valence-electron chi connectivity index (χ3n) is 3.79. The second kappa shape index (κ2) is 14.1. The summed E-state index contributed by atoms with van der Waals surface area (Å²) in [5.41, 5.74) is 1.05. The summed E-state index contributed by atoms with van der Waals surface area (Å²) >= 11 is 0. The summed E-state index contributed by atoms with van der Waals surface area (Å²) in [5.74, 6) is 3.03. The predicted molar refractivity (Wildman–Crippen MR) is 121 cm³/mol. The highest BCUT2D eigenvalue weighted by atomic mass is 127. The minimum atomic E-state index is 0. The van der Waals surface area contributed by atoms with Gasteiger partial charge in [0.25, 0.3) is 0 Å². The Balaban J connectivity index is 0.00000392. The lowest BCUT2D eigenvalue weighted by Gasteiger charge is -2.12. The average molecular weight is 503 g/mol. The van der Waals surface area contributed by atoms with Crippen molar-refractivity contribution in [3.05, 3.63) is 47.9 Å². The standard InChI is InChI=1S/C20H29N3O4.HI/c1-4-21-20(22-10-6-11-26-15-17-7-5-12-27-17)23-14-16-8-9-18(24-2)19(13-16)25-3;/h5,7-9,12-13H,4,6,10-11,14-15H2,1-3H3,(H2,21,22,23);1H. The Bertz CT molecular complexity index is 693. The highest BCUT2D eigenvalue weighted by Crippen LogP contribution is 2.27. The van der Waals surface area contributed by atoms with Gasteiger partial charge in [-0.2, -0.15) is 0 Å². The molecule has 0 spiro atoms. The van der Waals surface area contributed by atoms with Crippen LogP contribution < -0.4 is 20.1 Å². The largest absolute Gasteiger partial charge is 0.493 e. The molecule has 2 N–H and O–H groups in total. The number of benzene rings is 1. The van der Waals surface area contributed by atoms with E-state index in [0.717, 1.165) is 36.8 Å². The van der Waals surface area contributed by atoms with Gasteiger partial charge in [0.05, 0.1) is 27.0 Å². The van der Waals surface area contributed by atoms with Gasteiger partial charge in [-0.25, -0.2) is 4.99 Å². The van der Waals surface area contributed by atoms with E-state index >= 15 is 0 Å². The van der Waals surface area contributed by atoms with Crippen LogP contribution in [0.5, 0.6) is 11.5 Å². The third kappa shape index (κ3) is 8.39. The molecule has 2 aromatic rings. The van der Waals surface area contributed by atoms with Gasteiger partial charge in [0.2, 0.25) is 0 Å². The Kier molecular flexibility index (Phi) is 12.1. The molecule has 0 fully saturated rings. The first-order chi connectivity index (χ1) is 13.3. The van der Waals surface area contributed by atoms with Crippen LogP contribution >= 0.6 is 24.0 Å². The number of aliphatic imine (C=N–C) groups is 1. The molecule has 0 bridgehead atoms. The molecule has 0 radical (unpaired) electrons. The zero-order chi connectivity index (χ0) is 19.3. The Morgan fingerprint density at radius 1 is 1.11 bits per heavy atom. The van der Waals surface area contributed by atoms with E-state index in [-0.39, 0.29) is 24.0 Å². The summed E-state index contributed by atoms with van der Waals surface area (Å²) < 4.78 is 21.4. The third-order valence-corrected chi connectivity index (χ3v) is 3.79. The fourth-order valence-corrected chi connectivity index (χ4v) is 2.44. The van der Waals surface area contributed by atoms with E-state index in [1.54, 1.807) is 20.5 Å². The van der Waals surface area contributed by atoms with Crippen LogP contribution in [0.15, 0.2) is 46.0 Å². The molecular weight excluding hydrogens is 473 g/mol. The Labute approximate surface area is 183 Å². The average Bonchev–Trinajstić information content (AvgIpc) is 3.21. The number of guanidine groups is 1. The second-order valence-corrected chi connectivity index (χ2v) is 5.80. The van der Waals surface area contributed by atoms with E-state index in [1.165, 1.54) is 0 Å². The van der Waals surface area contributed by atoms with Crippen LogP contribution in [-0.2, 0) is 17.9 Å². The summed E-state index contributed by atoms with van der Waals surface area (Å²) in [6.45, 7) is 5.32. The van der Waals surface area contributed by atoms with Gasteiger partial charge >= 0.3 is 0 Å². The van der Waals surface area contributed by atoms with Crippen LogP contribution in [0, 0.1) is 0 Å². The maximum absolute atomic E-state index is 5.58. The number of halogens is 1. The molecule has 8 heteroatoms. The molecule has 28 heavy (non-hydrogen) atoms. The van der Waals surface area contributed by atoms with Gasteiger partial charge in [0, 0.05) is 19.7 Å². The van der Waals surface area contributed by atoms with Crippen LogP contribution in [0.25, 0.3) is 0 Å². The summed E-state index contributed by atoms with van der Waals surface area (Å²) in [4.78, 5) is 4.62. The van der Waals surface area contributed by atoms with Gasteiger partial charge in [-0.3, -0.25) is 0 Å². The Morgan fingerprint density at radius 2 is 1.93 bits per heavy atom. The zero-order valence-corrected chi connectivity index (χ0v) is 19.0. The highest BCUT2D eigenvalue weighted by molar-refractivity contribution is 14.0. The van der Waals surface area contributed by atoms with Crippen molar-refractivity contribution in [3.8, 4) is 11.5 Å². The van der Waals surface area contributed by atoms with E-state index < -0.39 is 0 Å². The molecule has 1 aromatic heterocycles. The number of hydrogen-bond acceptors (Lipinski definition) is 5. The van der Waals surface area contributed by atoms with Crippen molar-refractivity contribution in [2.24, 2.45) is 4.99 Å². The number of furan rings is 1.